The van der Waals surface area contributed by atoms with Gasteiger partial charge in [-0.3, -0.25) is 0 Å². The minimum absolute atomic E-state index is 0.296. The van der Waals surface area contributed by atoms with Gasteiger partial charge in [0, 0.05) is 6.92 Å². The monoisotopic (exact) mass is 203 g/mol. The van der Waals surface area contributed by atoms with Crippen LogP contribution in [0.15, 0.2) is 27.4 Å². The second kappa shape index (κ2) is 3.85. The Kier molecular flexibility index (Phi) is 2.54. The average molecular weight is 203 g/mol. The van der Waals surface area contributed by atoms with Crippen LogP contribution in [0.5, 0.6) is 0 Å². The summed E-state index contributed by atoms with van der Waals surface area (Å²) in [5.41, 5.74) is 1.57. The Morgan fingerprint density at radius 3 is 2.93 bits per heavy atom. The second-order valence-corrected chi connectivity index (χ2v) is 3.62. The van der Waals surface area contributed by atoms with Crippen molar-refractivity contribution in [2.24, 2.45) is 0 Å². The van der Waals surface area contributed by atoms with Gasteiger partial charge in [0.05, 0.1) is 10.9 Å². The molecule has 1 aromatic carbocycles. The van der Waals surface area contributed by atoms with E-state index in [1.807, 2.05) is 18.2 Å². The van der Waals surface area contributed by atoms with Crippen LogP contribution in [0, 0.1) is 6.92 Å². The Balaban J connectivity index is 2.66. The molecule has 0 unspecified atom stereocenters. The molecule has 0 aliphatic carbocycles. The summed E-state index contributed by atoms with van der Waals surface area (Å²) in [7, 11) is 0. The van der Waals surface area contributed by atoms with Crippen LogP contribution >= 0.6 is 0 Å². The molecule has 0 fully saturated rings. The minimum atomic E-state index is -0.296. The van der Waals surface area contributed by atoms with Crippen molar-refractivity contribution in [1.82, 2.24) is 4.98 Å². The van der Waals surface area contributed by atoms with Crippen molar-refractivity contribution >= 4 is 10.9 Å². The molecule has 15 heavy (non-hydrogen) atoms. The number of benzene rings is 1. The topological polar surface area (TPSA) is 43.1 Å². The third-order valence-corrected chi connectivity index (χ3v) is 2.34. The smallest absolute Gasteiger partial charge is 0.346 e. The number of nitrogens with zero attached hydrogens (tertiary/aromatic N) is 1. The van der Waals surface area contributed by atoms with Gasteiger partial charge in [-0.1, -0.05) is 19.4 Å². The Labute approximate surface area is 87.8 Å². The van der Waals surface area contributed by atoms with E-state index in [-0.39, 0.29) is 5.63 Å². The molecule has 3 nitrogen and oxygen atoms in total. The SMILES string of the molecule is CCCc1ccc2nc(C)oc(=O)c2c1. The first-order valence-electron chi connectivity index (χ1n) is 5.11. The van der Waals surface area contributed by atoms with Crippen LogP contribution in [0.1, 0.15) is 24.8 Å². The molecule has 0 saturated carbocycles. The van der Waals surface area contributed by atoms with Crippen molar-refractivity contribution < 1.29 is 4.42 Å². The molecule has 78 valence electrons. The van der Waals surface area contributed by atoms with Crippen molar-refractivity contribution in [3.63, 3.8) is 0 Å². The third-order valence-electron chi connectivity index (χ3n) is 2.34. The van der Waals surface area contributed by atoms with Gasteiger partial charge in [0.25, 0.3) is 0 Å². The molecule has 2 rings (SSSR count). The molecule has 0 bridgehead atoms. The third kappa shape index (κ3) is 1.91. The molecule has 0 amide bonds. The predicted octanol–water partition coefficient (Wildman–Crippen LogP) is 2.45. The fraction of sp³-hybridized carbons (Fsp3) is 0.333. The van der Waals surface area contributed by atoms with E-state index in [1.165, 1.54) is 0 Å². The summed E-state index contributed by atoms with van der Waals surface area (Å²) in [6.07, 6.45) is 2.04. The lowest BCUT2D eigenvalue weighted by molar-refractivity contribution is 0.467. The molecular weight excluding hydrogens is 190 g/mol. The lowest BCUT2D eigenvalue weighted by Gasteiger charge is -2.01. The molecule has 0 aliphatic rings. The van der Waals surface area contributed by atoms with E-state index < -0.39 is 0 Å². The standard InChI is InChI=1S/C12H13NO2/c1-3-4-9-5-6-11-10(7-9)12(14)15-8(2)13-11/h5-7H,3-4H2,1-2H3. The van der Waals surface area contributed by atoms with Crippen LogP contribution < -0.4 is 5.63 Å². The summed E-state index contributed by atoms with van der Waals surface area (Å²) >= 11 is 0. The van der Waals surface area contributed by atoms with E-state index in [4.69, 9.17) is 4.42 Å². The summed E-state index contributed by atoms with van der Waals surface area (Å²) in [6.45, 7) is 3.79. The van der Waals surface area contributed by atoms with E-state index in [9.17, 15) is 4.79 Å². The highest BCUT2D eigenvalue weighted by molar-refractivity contribution is 5.77. The zero-order valence-electron chi connectivity index (χ0n) is 8.91. The number of hydrogen-bond acceptors (Lipinski definition) is 3. The first-order chi connectivity index (χ1) is 7.20. The summed E-state index contributed by atoms with van der Waals surface area (Å²) in [4.78, 5) is 15.7. The summed E-state index contributed by atoms with van der Waals surface area (Å²) < 4.78 is 4.96. The number of hydrogen-bond donors (Lipinski definition) is 0. The molecule has 0 radical (unpaired) electrons. The quantitative estimate of drug-likeness (QED) is 0.752. The number of aryl methyl sites for hydroxylation is 2. The number of rotatable bonds is 2. The molecule has 0 aliphatic heterocycles. The van der Waals surface area contributed by atoms with Crippen LogP contribution in [-0.2, 0) is 6.42 Å². The van der Waals surface area contributed by atoms with Crippen LogP contribution in [0.3, 0.4) is 0 Å². The van der Waals surface area contributed by atoms with E-state index >= 15 is 0 Å². The van der Waals surface area contributed by atoms with Crippen LogP contribution in [0.4, 0.5) is 0 Å². The summed E-state index contributed by atoms with van der Waals surface area (Å²) in [5.74, 6) is 0.413. The van der Waals surface area contributed by atoms with E-state index in [0.717, 1.165) is 18.4 Å². The zero-order valence-corrected chi connectivity index (χ0v) is 8.91. The molecule has 0 saturated heterocycles. The van der Waals surface area contributed by atoms with Gasteiger partial charge < -0.3 is 4.42 Å². The first-order valence-corrected chi connectivity index (χ1v) is 5.11. The number of fused-ring (bicyclic) bond motifs is 1. The Bertz CT molecular complexity index is 543. The van der Waals surface area contributed by atoms with Crippen molar-refractivity contribution in [1.29, 1.82) is 0 Å². The molecule has 0 spiro atoms. The van der Waals surface area contributed by atoms with Gasteiger partial charge in [-0.05, 0) is 24.1 Å². The lowest BCUT2D eigenvalue weighted by Crippen LogP contribution is -2.03. The van der Waals surface area contributed by atoms with Gasteiger partial charge in [-0.15, -0.1) is 0 Å². The second-order valence-electron chi connectivity index (χ2n) is 3.62. The van der Waals surface area contributed by atoms with E-state index in [2.05, 4.69) is 11.9 Å². The Morgan fingerprint density at radius 1 is 1.40 bits per heavy atom. The lowest BCUT2D eigenvalue weighted by atomic mass is 10.1. The molecular formula is C12H13NO2. The first kappa shape index (κ1) is 9.90. The minimum Gasteiger partial charge on any atom is -0.408 e. The number of aromatic nitrogens is 1. The van der Waals surface area contributed by atoms with Gasteiger partial charge in [0.15, 0.2) is 5.89 Å². The normalized spacial score (nSPS) is 10.8. The van der Waals surface area contributed by atoms with Crippen LogP contribution in [0.25, 0.3) is 10.9 Å². The highest BCUT2D eigenvalue weighted by atomic mass is 16.4. The van der Waals surface area contributed by atoms with Gasteiger partial charge >= 0.3 is 5.63 Å². The molecule has 1 aromatic heterocycles. The van der Waals surface area contributed by atoms with Gasteiger partial charge in [-0.25, -0.2) is 9.78 Å². The van der Waals surface area contributed by atoms with Crippen LogP contribution in [-0.4, -0.2) is 4.98 Å². The fourth-order valence-corrected chi connectivity index (χ4v) is 1.67. The highest BCUT2D eigenvalue weighted by Crippen LogP contribution is 2.12. The van der Waals surface area contributed by atoms with Crippen molar-refractivity contribution in [2.75, 3.05) is 0 Å². The zero-order chi connectivity index (χ0) is 10.8. The van der Waals surface area contributed by atoms with Crippen LogP contribution in [0.2, 0.25) is 0 Å². The predicted molar refractivity (Wildman–Crippen MR) is 59.0 cm³/mol. The molecule has 1 heterocycles. The van der Waals surface area contributed by atoms with Crippen molar-refractivity contribution in [2.45, 2.75) is 26.7 Å². The Morgan fingerprint density at radius 2 is 2.20 bits per heavy atom. The summed E-state index contributed by atoms with van der Waals surface area (Å²) in [5, 5.41) is 0.576. The summed E-state index contributed by atoms with van der Waals surface area (Å²) in [6, 6.07) is 5.76. The Hall–Kier alpha value is -1.64. The molecule has 2 aromatic rings. The molecule has 0 N–H and O–H groups in total. The van der Waals surface area contributed by atoms with Gasteiger partial charge in [0.2, 0.25) is 0 Å². The van der Waals surface area contributed by atoms with Gasteiger partial charge in [-0.2, -0.15) is 0 Å². The van der Waals surface area contributed by atoms with Crippen molar-refractivity contribution in [3.05, 3.63) is 40.1 Å². The van der Waals surface area contributed by atoms with E-state index in [0.29, 0.717) is 16.8 Å². The van der Waals surface area contributed by atoms with Gasteiger partial charge in [0.1, 0.15) is 0 Å². The fourth-order valence-electron chi connectivity index (χ4n) is 1.67. The largest absolute Gasteiger partial charge is 0.408 e. The maximum absolute atomic E-state index is 11.5. The maximum atomic E-state index is 11.5. The van der Waals surface area contributed by atoms with E-state index in [1.54, 1.807) is 6.92 Å². The molecule has 3 heteroatoms. The maximum Gasteiger partial charge on any atom is 0.346 e. The highest BCUT2D eigenvalue weighted by Gasteiger charge is 2.04. The molecule has 0 atom stereocenters. The van der Waals surface area contributed by atoms with Crippen molar-refractivity contribution in [3.8, 4) is 0 Å². The average Bonchev–Trinajstić information content (AvgIpc) is 2.19.